The van der Waals surface area contributed by atoms with Crippen LogP contribution in [0.4, 0.5) is 17.6 Å². The van der Waals surface area contributed by atoms with E-state index in [0.29, 0.717) is 11.3 Å². The quantitative estimate of drug-likeness (QED) is 0.522. The van der Waals surface area contributed by atoms with Gasteiger partial charge in [-0.15, -0.1) is 11.3 Å². The smallest absolute Gasteiger partial charge is 0.387 e. The topological polar surface area (TPSA) is 22.1 Å². The third-order valence-corrected chi connectivity index (χ3v) is 4.27. The average Bonchev–Trinajstić information content (AvgIpc) is 2.99. The molecule has 2 nitrogen and oxygen atoms in total. The predicted molar refractivity (Wildman–Crippen MR) is 84.5 cm³/mol. The lowest BCUT2D eigenvalue weighted by molar-refractivity contribution is -0.0495. The van der Waals surface area contributed by atoms with Gasteiger partial charge >= 0.3 is 6.61 Å². The van der Waals surface area contributed by atoms with E-state index in [1.54, 1.807) is 5.38 Å². The highest BCUT2D eigenvalue weighted by Crippen LogP contribution is 2.37. The van der Waals surface area contributed by atoms with Crippen LogP contribution in [0.25, 0.3) is 21.8 Å². The molecule has 0 spiro atoms. The van der Waals surface area contributed by atoms with Gasteiger partial charge in [0.2, 0.25) is 0 Å². The van der Waals surface area contributed by atoms with Crippen LogP contribution in [-0.2, 0) is 0 Å². The third-order valence-electron chi connectivity index (χ3n) is 3.12. The molecule has 0 saturated heterocycles. The van der Waals surface area contributed by atoms with Crippen LogP contribution in [-0.4, -0.2) is 11.6 Å². The Kier molecular flexibility index (Phi) is 4.73. The zero-order chi connectivity index (χ0) is 17.3. The van der Waals surface area contributed by atoms with Gasteiger partial charge in [-0.2, -0.15) is 8.78 Å². The first-order chi connectivity index (χ1) is 11.5. The van der Waals surface area contributed by atoms with Crippen LogP contribution in [0.3, 0.4) is 0 Å². The maximum absolute atomic E-state index is 14.1. The number of hydrogen-bond acceptors (Lipinski definition) is 3. The summed E-state index contributed by atoms with van der Waals surface area (Å²) in [4.78, 5) is 4.22. The largest absolute Gasteiger partial charge is 0.434 e. The molecule has 0 aliphatic rings. The zero-order valence-corrected chi connectivity index (χ0v) is 13.3. The van der Waals surface area contributed by atoms with Crippen molar-refractivity contribution in [2.24, 2.45) is 0 Å². The molecule has 3 aromatic rings. The van der Waals surface area contributed by atoms with Gasteiger partial charge in [-0.1, -0.05) is 17.7 Å². The third kappa shape index (κ3) is 3.37. The second kappa shape index (κ2) is 6.78. The summed E-state index contributed by atoms with van der Waals surface area (Å²) in [5.41, 5.74) is 0.793. The highest BCUT2D eigenvalue weighted by atomic mass is 35.5. The van der Waals surface area contributed by atoms with Crippen LogP contribution in [0.1, 0.15) is 0 Å². The summed E-state index contributed by atoms with van der Waals surface area (Å²) in [5.74, 6) is -1.60. The number of hydrogen-bond donors (Lipinski definition) is 0. The lowest BCUT2D eigenvalue weighted by atomic mass is 10.1. The van der Waals surface area contributed by atoms with Crippen molar-refractivity contribution in [3.05, 3.63) is 58.4 Å². The number of rotatable bonds is 4. The number of aromatic nitrogens is 1. The normalized spacial score (nSPS) is 11.1. The molecule has 0 unspecified atom stereocenters. The maximum atomic E-state index is 14.1. The molecular formula is C16H8ClF4NOS. The van der Waals surface area contributed by atoms with Gasteiger partial charge in [0.25, 0.3) is 0 Å². The first-order valence-corrected chi connectivity index (χ1v) is 7.86. The molecule has 0 bridgehead atoms. The van der Waals surface area contributed by atoms with Crippen LogP contribution in [0.5, 0.6) is 5.75 Å². The molecule has 1 heterocycles. The fourth-order valence-electron chi connectivity index (χ4n) is 2.08. The molecule has 24 heavy (non-hydrogen) atoms. The second-order valence-electron chi connectivity index (χ2n) is 4.66. The fourth-order valence-corrected chi connectivity index (χ4v) is 3.14. The predicted octanol–water partition coefficient (Wildman–Crippen LogP) is 6.01. The Balaban J connectivity index is 2.03. The summed E-state index contributed by atoms with van der Waals surface area (Å²) in [6, 6.07) is 7.67. The van der Waals surface area contributed by atoms with E-state index < -0.39 is 18.2 Å². The van der Waals surface area contributed by atoms with Crippen LogP contribution < -0.4 is 4.74 Å². The molecule has 0 atom stereocenters. The van der Waals surface area contributed by atoms with Gasteiger partial charge in [0, 0.05) is 10.9 Å². The average molecular weight is 374 g/mol. The van der Waals surface area contributed by atoms with Crippen molar-refractivity contribution in [2.75, 3.05) is 0 Å². The van der Waals surface area contributed by atoms with E-state index in [0.717, 1.165) is 17.4 Å². The van der Waals surface area contributed by atoms with Gasteiger partial charge in [-0.05, 0) is 30.3 Å². The van der Waals surface area contributed by atoms with Gasteiger partial charge in [0.1, 0.15) is 22.4 Å². The summed E-state index contributed by atoms with van der Waals surface area (Å²) >= 11 is 6.78. The zero-order valence-electron chi connectivity index (χ0n) is 11.8. The molecule has 0 aliphatic carbocycles. The molecule has 0 fully saturated rings. The number of nitrogens with zero attached hydrogens (tertiary/aromatic N) is 1. The number of ether oxygens (including phenoxy) is 1. The van der Waals surface area contributed by atoms with Gasteiger partial charge in [-0.3, -0.25) is 0 Å². The molecule has 3 rings (SSSR count). The number of benzene rings is 2. The van der Waals surface area contributed by atoms with Crippen molar-refractivity contribution in [1.29, 1.82) is 0 Å². The van der Waals surface area contributed by atoms with Crippen molar-refractivity contribution in [3.63, 3.8) is 0 Å². The van der Waals surface area contributed by atoms with E-state index >= 15 is 0 Å². The molecule has 0 N–H and O–H groups in total. The molecule has 0 aliphatic heterocycles. The minimum Gasteiger partial charge on any atom is -0.434 e. The van der Waals surface area contributed by atoms with Crippen molar-refractivity contribution in [3.8, 4) is 27.6 Å². The first-order valence-electron chi connectivity index (χ1n) is 6.60. The van der Waals surface area contributed by atoms with Crippen molar-refractivity contribution in [1.82, 2.24) is 4.98 Å². The Bertz CT molecular complexity index is 884. The molecule has 2 aromatic carbocycles. The van der Waals surface area contributed by atoms with E-state index in [9.17, 15) is 17.6 Å². The number of alkyl halides is 2. The summed E-state index contributed by atoms with van der Waals surface area (Å²) in [7, 11) is 0. The highest BCUT2D eigenvalue weighted by molar-refractivity contribution is 7.13. The van der Waals surface area contributed by atoms with E-state index in [-0.39, 0.29) is 21.3 Å². The minimum absolute atomic E-state index is 0.0744. The molecule has 0 radical (unpaired) electrons. The molecular weight excluding hydrogens is 366 g/mol. The van der Waals surface area contributed by atoms with E-state index in [1.807, 2.05) is 0 Å². The number of halogens is 5. The van der Waals surface area contributed by atoms with Gasteiger partial charge in [-0.25, -0.2) is 13.8 Å². The van der Waals surface area contributed by atoms with Crippen molar-refractivity contribution >= 4 is 22.9 Å². The second-order valence-corrected chi connectivity index (χ2v) is 5.92. The van der Waals surface area contributed by atoms with E-state index in [2.05, 4.69) is 9.72 Å². The Morgan fingerprint density at radius 1 is 1.08 bits per heavy atom. The first kappa shape index (κ1) is 16.7. The molecule has 0 saturated carbocycles. The van der Waals surface area contributed by atoms with E-state index in [4.69, 9.17) is 11.6 Å². The summed E-state index contributed by atoms with van der Waals surface area (Å²) in [5, 5.41) is 1.69. The SMILES string of the molecule is Fc1ccc(-c2csc(-c3c(F)cccc3OC(F)F)n2)cc1Cl. The van der Waals surface area contributed by atoms with Crippen LogP contribution in [0.2, 0.25) is 5.02 Å². The maximum Gasteiger partial charge on any atom is 0.387 e. The van der Waals surface area contributed by atoms with E-state index in [1.165, 1.54) is 30.3 Å². The Morgan fingerprint density at radius 2 is 1.88 bits per heavy atom. The Morgan fingerprint density at radius 3 is 2.58 bits per heavy atom. The van der Waals surface area contributed by atoms with Crippen molar-refractivity contribution < 1.29 is 22.3 Å². The molecule has 124 valence electrons. The standard InChI is InChI=1S/C16H8ClF4NOS/c17-9-6-8(4-5-10(9)18)12-7-24-15(22-12)14-11(19)2-1-3-13(14)23-16(20)21/h1-7,16H. The van der Waals surface area contributed by atoms with Gasteiger partial charge in [0.05, 0.1) is 16.3 Å². The lowest BCUT2D eigenvalue weighted by Gasteiger charge is -2.09. The van der Waals surface area contributed by atoms with Gasteiger partial charge < -0.3 is 4.74 Å². The Hall–Kier alpha value is -2.12. The van der Waals surface area contributed by atoms with Crippen LogP contribution in [0.15, 0.2) is 41.8 Å². The van der Waals surface area contributed by atoms with Crippen LogP contribution >= 0.6 is 22.9 Å². The fraction of sp³-hybridized carbons (Fsp3) is 0.0625. The van der Waals surface area contributed by atoms with Crippen molar-refractivity contribution in [2.45, 2.75) is 6.61 Å². The summed E-state index contributed by atoms with van der Waals surface area (Å²) in [6.07, 6.45) is 0. The van der Waals surface area contributed by atoms with Gasteiger partial charge in [0.15, 0.2) is 0 Å². The lowest BCUT2D eigenvalue weighted by Crippen LogP contribution is -2.04. The number of thiazole rings is 1. The molecule has 8 heteroatoms. The highest BCUT2D eigenvalue weighted by Gasteiger charge is 2.19. The molecule has 1 aromatic heterocycles. The van der Waals surface area contributed by atoms with Crippen LogP contribution in [0, 0.1) is 11.6 Å². The summed E-state index contributed by atoms with van der Waals surface area (Å²) in [6.45, 7) is -3.08. The monoisotopic (exact) mass is 373 g/mol. The molecule has 0 amide bonds. The Labute approximate surface area is 143 Å². The summed E-state index contributed by atoms with van der Waals surface area (Å²) < 4.78 is 56.6. The minimum atomic E-state index is -3.08.